The molecule has 20 heavy (non-hydrogen) atoms. The lowest BCUT2D eigenvalue weighted by Crippen LogP contribution is -2.01. The fourth-order valence-corrected chi connectivity index (χ4v) is 3.10. The Balaban J connectivity index is 1.88. The maximum atomic E-state index is 5.93. The van der Waals surface area contributed by atoms with Crippen LogP contribution in [0.3, 0.4) is 0 Å². The Bertz CT molecular complexity index is 772. The normalized spacial score (nSPS) is 11.1. The first-order chi connectivity index (χ1) is 9.65. The number of nitrogen functional groups attached to an aromatic ring is 1. The summed E-state index contributed by atoms with van der Waals surface area (Å²) < 4.78 is 2.65. The van der Waals surface area contributed by atoms with E-state index in [1.165, 1.54) is 0 Å². The predicted octanol–water partition coefficient (Wildman–Crippen LogP) is 2.40. The number of hydrogen-bond donors (Lipinski definition) is 1. The highest BCUT2D eigenvalue weighted by molar-refractivity contribution is 9.10. The number of anilines is 1. The highest BCUT2D eigenvalue weighted by atomic mass is 79.9. The minimum absolute atomic E-state index is 0.457. The van der Waals surface area contributed by atoms with Crippen molar-refractivity contribution >= 4 is 44.5 Å². The van der Waals surface area contributed by atoms with Crippen LogP contribution in [0.5, 0.6) is 0 Å². The average molecular weight is 351 g/mol. The summed E-state index contributed by atoms with van der Waals surface area (Å²) in [5.41, 5.74) is 6.67. The molecule has 0 atom stereocenters. The number of halogens is 1. The van der Waals surface area contributed by atoms with Gasteiger partial charge in [0.05, 0.1) is 17.3 Å². The molecule has 0 amide bonds. The number of aromatic nitrogens is 5. The molecule has 0 aromatic carbocycles. The lowest BCUT2D eigenvalue weighted by atomic mass is 10.4. The van der Waals surface area contributed by atoms with Crippen molar-refractivity contribution in [1.82, 2.24) is 24.7 Å². The van der Waals surface area contributed by atoms with Crippen molar-refractivity contribution in [2.24, 2.45) is 7.05 Å². The van der Waals surface area contributed by atoms with E-state index in [1.807, 2.05) is 19.2 Å². The summed E-state index contributed by atoms with van der Waals surface area (Å²) in [5.74, 6) is 1.72. The third kappa shape index (κ3) is 2.48. The summed E-state index contributed by atoms with van der Waals surface area (Å²) in [6.45, 7) is 0. The van der Waals surface area contributed by atoms with Gasteiger partial charge in [0, 0.05) is 17.7 Å². The number of rotatable bonds is 3. The van der Waals surface area contributed by atoms with Crippen LogP contribution in [-0.2, 0) is 12.8 Å². The van der Waals surface area contributed by atoms with Crippen LogP contribution in [0.25, 0.3) is 11.0 Å². The quantitative estimate of drug-likeness (QED) is 0.730. The van der Waals surface area contributed by atoms with E-state index in [9.17, 15) is 0 Å². The molecule has 3 rings (SSSR count). The third-order valence-electron chi connectivity index (χ3n) is 2.73. The maximum absolute atomic E-state index is 5.93. The summed E-state index contributed by atoms with van der Waals surface area (Å²) in [6, 6.07) is 3.83. The first kappa shape index (κ1) is 13.3. The maximum Gasteiger partial charge on any atom is 0.163 e. The lowest BCUT2D eigenvalue weighted by molar-refractivity contribution is 0.782. The molecule has 3 heterocycles. The highest BCUT2D eigenvalue weighted by Gasteiger charge is 2.10. The van der Waals surface area contributed by atoms with E-state index in [2.05, 4.69) is 36.0 Å². The number of hydrogen-bond acceptors (Lipinski definition) is 6. The topological polar surface area (TPSA) is 82.5 Å². The third-order valence-corrected chi connectivity index (χ3v) is 4.63. The number of thioether (sulfide) groups is 1. The fourth-order valence-electron chi connectivity index (χ4n) is 1.77. The fraction of sp³-hybridized carbons (Fsp3) is 0.167. The van der Waals surface area contributed by atoms with Gasteiger partial charge in [0.15, 0.2) is 5.65 Å². The first-order valence-electron chi connectivity index (χ1n) is 5.82. The van der Waals surface area contributed by atoms with Gasteiger partial charge in [-0.05, 0) is 28.1 Å². The number of nitrogens with zero attached hydrogens (tertiary/aromatic N) is 5. The van der Waals surface area contributed by atoms with Gasteiger partial charge in [0.2, 0.25) is 0 Å². The number of fused-ring (bicyclic) bond motifs is 1. The second-order valence-corrected chi connectivity index (χ2v) is 5.93. The van der Waals surface area contributed by atoms with E-state index >= 15 is 0 Å². The van der Waals surface area contributed by atoms with Gasteiger partial charge in [-0.2, -0.15) is 5.10 Å². The van der Waals surface area contributed by atoms with Gasteiger partial charge < -0.3 is 5.73 Å². The van der Waals surface area contributed by atoms with Crippen molar-refractivity contribution in [2.75, 3.05) is 5.73 Å². The van der Waals surface area contributed by atoms with E-state index < -0.39 is 0 Å². The molecular weight excluding hydrogens is 340 g/mol. The Kier molecular flexibility index (Phi) is 3.58. The SMILES string of the molecule is Cn1ncc2c(N)nc(CSc3ncccc3Br)nc21. The predicted molar refractivity (Wildman–Crippen MR) is 82.2 cm³/mol. The van der Waals surface area contributed by atoms with Crippen LogP contribution < -0.4 is 5.73 Å². The highest BCUT2D eigenvalue weighted by Crippen LogP contribution is 2.27. The smallest absolute Gasteiger partial charge is 0.163 e. The lowest BCUT2D eigenvalue weighted by Gasteiger charge is -2.04. The summed E-state index contributed by atoms with van der Waals surface area (Å²) >= 11 is 5.02. The van der Waals surface area contributed by atoms with Gasteiger partial charge >= 0.3 is 0 Å². The molecule has 0 saturated heterocycles. The molecular formula is C12H11BrN6S. The molecule has 0 fully saturated rings. The number of pyridine rings is 1. The minimum Gasteiger partial charge on any atom is -0.383 e. The van der Waals surface area contributed by atoms with Crippen molar-refractivity contribution in [3.05, 3.63) is 34.8 Å². The van der Waals surface area contributed by atoms with Crippen LogP contribution in [0.1, 0.15) is 5.82 Å². The van der Waals surface area contributed by atoms with Gasteiger partial charge in [-0.1, -0.05) is 11.8 Å². The van der Waals surface area contributed by atoms with Gasteiger partial charge in [-0.3, -0.25) is 4.68 Å². The molecule has 0 spiro atoms. The monoisotopic (exact) mass is 350 g/mol. The molecule has 0 aliphatic heterocycles. The molecule has 0 aliphatic carbocycles. The molecule has 8 heteroatoms. The largest absolute Gasteiger partial charge is 0.383 e. The summed E-state index contributed by atoms with van der Waals surface area (Å²) in [4.78, 5) is 13.1. The Labute approximate surface area is 127 Å². The van der Waals surface area contributed by atoms with Crippen molar-refractivity contribution in [1.29, 1.82) is 0 Å². The second-order valence-electron chi connectivity index (χ2n) is 4.11. The molecule has 0 saturated carbocycles. The number of aryl methyl sites for hydroxylation is 1. The van der Waals surface area contributed by atoms with Crippen molar-refractivity contribution in [2.45, 2.75) is 10.8 Å². The van der Waals surface area contributed by atoms with E-state index in [-0.39, 0.29) is 0 Å². The molecule has 0 radical (unpaired) electrons. The molecule has 3 aromatic rings. The Morgan fingerprint density at radius 1 is 1.40 bits per heavy atom. The molecule has 2 N–H and O–H groups in total. The molecule has 3 aromatic heterocycles. The summed E-state index contributed by atoms with van der Waals surface area (Å²) in [7, 11) is 1.83. The zero-order valence-electron chi connectivity index (χ0n) is 10.6. The van der Waals surface area contributed by atoms with Crippen molar-refractivity contribution < 1.29 is 0 Å². The molecule has 0 bridgehead atoms. The molecule has 0 aliphatic rings. The van der Waals surface area contributed by atoms with Crippen molar-refractivity contribution in [3.8, 4) is 0 Å². The molecule has 0 unspecified atom stereocenters. The van der Waals surface area contributed by atoms with Crippen LogP contribution in [0.2, 0.25) is 0 Å². The first-order valence-corrected chi connectivity index (χ1v) is 7.60. The standard InChI is InChI=1S/C12H11BrN6S/c1-19-11-7(5-16-19)10(14)17-9(18-11)6-20-12-8(13)3-2-4-15-12/h2-5H,6H2,1H3,(H2,14,17,18). The van der Waals surface area contributed by atoms with E-state index in [0.29, 0.717) is 17.4 Å². The van der Waals surface area contributed by atoms with Crippen LogP contribution in [0.15, 0.2) is 34.0 Å². The van der Waals surface area contributed by atoms with Gasteiger partial charge in [-0.15, -0.1) is 0 Å². The average Bonchev–Trinajstić information content (AvgIpc) is 2.80. The van der Waals surface area contributed by atoms with Crippen LogP contribution in [0.4, 0.5) is 5.82 Å². The zero-order valence-corrected chi connectivity index (χ0v) is 13.0. The van der Waals surface area contributed by atoms with Gasteiger partial charge in [-0.25, -0.2) is 15.0 Å². The van der Waals surface area contributed by atoms with Gasteiger partial charge in [0.25, 0.3) is 0 Å². The Hall–Kier alpha value is -1.67. The van der Waals surface area contributed by atoms with Crippen LogP contribution >= 0.6 is 27.7 Å². The second kappa shape index (κ2) is 5.37. The molecule has 6 nitrogen and oxygen atoms in total. The van der Waals surface area contributed by atoms with E-state index in [4.69, 9.17) is 5.73 Å². The van der Waals surface area contributed by atoms with Gasteiger partial charge in [0.1, 0.15) is 16.7 Å². The van der Waals surface area contributed by atoms with Crippen LogP contribution in [-0.4, -0.2) is 24.7 Å². The van der Waals surface area contributed by atoms with E-state index in [0.717, 1.165) is 20.5 Å². The summed E-state index contributed by atoms with van der Waals surface area (Å²) in [6.07, 6.45) is 3.43. The van der Waals surface area contributed by atoms with Crippen LogP contribution in [0, 0.1) is 0 Å². The minimum atomic E-state index is 0.457. The summed E-state index contributed by atoms with van der Waals surface area (Å²) in [5, 5.41) is 5.82. The zero-order chi connectivity index (χ0) is 14.1. The Morgan fingerprint density at radius 3 is 3.05 bits per heavy atom. The molecule has 102 valence electrons. The van der Waals surface area contributed by atoms with Crippen molar-refractivity contribution in [3.63, 3.8) is 0 Å². The Morgan fingerprint density at radius 2 is 2.25 bits per heavy atom. The van der Waals surface area contributed by atoms with E-state index in [1.54, 1.807) is 28.8 Å². The number of nitrogens with two attached hydrogens (primary N) is 1.